The van der Waals surface area contributed by atoms with E-state index in [0.717, 1.165) is 18.2 Å². The van der Waals surface area contributed by atoms with Crippen molar-refractivity contribution in [1.29, 1.82) is 0 Å². The van der Waals surface area contributed by atoms with E-state index < -0.39 is 20.6 Å². The molecule has 0 aromatic heterocycles. The van der Waals surface area contributed by atoms with Crippen LogP contribution in [-0.2, 0) is 14.9 Å². The molecule has 10 heteroatoms. The number of hydrogen-bond acceptors (Lipinski definition) is 4. The van der Waals surface area contributed by atoms with E-state index in [1.165, 1.54) is 36.4 Å². The maximum atomic E-state index is 13.0. The number of halogens is 4. The van der Waals surface area contributed by atoms with Gasteiger partial charge in [-0.3, -0.25) is 4.55 Å². The number of rotatable bonds is 4. The first-order chi connectivity index (χ1) is 13.5. The average Bonchev–Trinajstić information content (AvgIpc) is 2.61. The highest BCUT2D eigenvalue weighted by atomic mass is 35.5. The van der Waals surface area contributed by atoms with Gasteiger partial charge in [0.15, 0.2) is 4.75 Å². The second-order valence-electron chi connectivity index (χ2n) is 6.12. The van der Waals surface area contributed by atoms with E-state index in [2.05, 4.69) is 0 Å². The highest BCUT2D eigenvalue weighted by molar-refractivity contribution is 7.87. The first-order valence-electron chi connectivity index (χ1n) is 7.89. The van der Waals surface area contributed by atoms with Crippen LogP contribution in [0, 0.1) is 0 Å². The Morgan fingerprint density at radius 3 is 2.03 bits per heavy atom. The molecule has 3 N–H and O–H groups in total. The lowest BCUT2D eigenvalue weighted by molar-refractivity contribution is 0.455. The van der Waals surface area contributed by atoms with E-state index in [4.69, 9.17) is 46.4 Å². The van der Waals surface area contributed by atoms with Crippen LogP contribution in [0.25, 0.3) is 0 Å². The molecule has 0 amide bonds. The Morgan fingerprint density at radius 2 is 1.41 bits per heavy atom. The minimum Gasteiger partial charge on any atom is -0.508 e. The molecule has 0 heterocycles. The lowest BCUT2D eigenvalue weighted by atomic mass is 9.83. The Kier molecular flexibility index (Phi) is 5.98. The van der Waals surface area contributed by atoms with Crippen LogP contribution in [-0.4, -0.2) is 23.2 Å². The number of hydrogen-bond donors (Lipinski definition) is 3. The van der Waals surface area contributed by atoms with E-state index in [9.17, 15) is 23.2 Å². The van der Waals surface area contributed by atoms with Crippen LogP contribution < -0.4 is 0 Å². The minimum absolute atomic E-state index is 0.0384. The summed E-state index contributed by atoms with van der Waals surface area (Å²) in [5, 5.41) is 19.8. The quantitative estimate of drug-likeness (QED) is 0.311. The fourth-order valence-electron chi connectivity index (χ4n) is 3.20. The first-order valence-corrected chi connectivity index (χ1v) is 10.8. The molecule has 0 spiro atoms. The van der Waals surface area contributed by atoms with E-state index in [1.54, 1.807) is 0 Å². The lowest BCUT2D eigenvalue weighted by Gasteiger charge is -2.34. The Morgan fingerprint density at radius 1 is 0.759 bits per heavy atom. The number of phenolic OH excluding ortho intramolecular Hbond substituents is 2. The monoisotopic (exact) mass is 492 g/mol. The molecule has 0 saturated carbocycles. The third-order valence-corrected chi connectivity index (χ3v) is 7.16. The molecule has 3 aromatic carbocycles. The highest BCUT2D eigenvalue weighted by Gasteiger charge is 2.51. The van der Waals surface area contributed by atoms with Gasteiger partial charge in [0.1, 0.15) is 11.5 Å². The standard InChI is InChI=1S/C19H12Cl4O5S/c20-11-3-1-2-10(6-11)19(29(26,27)28,14-7-12(24)4-5-16(14)21)15-8-13(25)9-17(22)18(15)23/h1-9,24-25H,(H,26,27,28). The number of benzene rings is 3. The van der Waals surface area contributed by atoms with Gasteiger partial charge in [0.2, 0.25) is 0 Å². The van der Waals surface area contributed by atoms with Crippen molar-refractivity contribution in [2.45, 2.75) is 4.75 Å². The van der Waals surface area contributed by atoms with Gasteiger partial charge in [-0.2, -0.15) is 8.42 Å². The van der Waals surface area contributed by atoms with Gasteiger partial charge in [-0.15, -0.1) is 0 Å². The largest absolute Gasteiger partial charge is 0.508 e. The van der Waals surface area contributed by atoms with Gasteiger partial charge in [0.05, 0.1) is 10.0 Å². The molecule has 152 valence electrons. The molecule has 0 fully saturated rings. The predicted octanol–water partition coefficient (Wildman–Crippen LogP) is 5.89. The van der Waals surface area contributed by atoms with E-state index in [1.807, 2.05) is 0 Å². The van der Waals surface area contributed by atoms with Crippen LogP contribution in [0.15, 0.2) is 54.6 Å². The molecule has 1 unspecified atom stereocenters. The number of phenols is 2. The molecule has 1 atom stereocenters. The van der Waals surface area contributed by atoms with E-state index in [0.29, 0.717) is 0 Å². The third-order valence-electron chi connectivity index (χ3n) is 4.34. The molecule has 29 heavy (non-hydrogen) atoms. The summed E-state index contributed by atoms with van der Waals surface area (Å²) in [6.45, 7) is 0. The van der Waals surface area contributed by atoms with Crippen molar-refractivity contribution in [2.75, 3.05) is 0 Å². The summed E-state index contributed by atoms with van der Waals surface area (Å²) >= 11 is 24.8. The topological polar surface area (TPSA) is 94.8 Å². The summed E-state index contributed by atoms with van der Waals surface area (Å²) in [5.74, 6) is -0.720. The van der Waals surface area contributed by atoms with Crippen LogP contribution in [0.2, 0.25) is 20.1 Å². The van der Waals surface area contributed by atoms with Crippen molar-refractivity contribution in [3.8, 4) is 11.5 Å². The summed E-state index contributed by atoms with van der Waals surface area (Å²) < 4.78 is 34.0. The zero-order valence-electron chi connectivity index (χ0n) is 14.3. The first kappa shape index (κ1) is 22.0. The molecule has 0 aliphatic rings. The average molecular weight is 494 g/mol. The zero-order valence-corrected chi connectivity index (χ0v) is 18.1. The molecule has 5 nitrogen and oxygen atoms in total. The fourth-order valence-corrected chi connectivity index (χ4v) is 5.54. The van der Waals surface area contributed by atoms with Crippen LogP contribution in [0.3, 0.4) is 0 Å². The van der Waals surface area contributed by atoms with E-state index in [-0.39, 0.29) is 42.5 Å². The lowest BCUT2D eigenvalue weighted by Crippen LogP contribution is -2.39. The normalized spacial score (nSPS) is 13.8. The molecule has 0 aliphatic heterocycles. The summed E-state index contributed by atoms with van der Waals surface area (Å²) in [5.41, 5.74) is -0.530. The van der Waals surface area contributed by atoms with Crippen molar-refractivity contribution < 1.29 is 23.2 Å². The summed E-state index contributed by atoms with van der Waals surface area (Å²) in [4.78, 5) is 0. The van der Waals surface area contributed by atoms with Crippen LogP contribution in [0.5, 0.6) is 11.5 Å². The van der Waals surface area contributed by atoms with Crippen molar-refractivity contribution in [2.24, 2.45) is 0 Å². The SMILES string of the molecule is O=S(=O)(O)C(c1cccc(Cl)c1)(c1cc(O)ccc1Cl)c1cc(O)cc(Cl)c1Cl. The van der Waals surface area contributed by atoms with Crippen molar-refractivity contribution >= 4 is 56.5 Å². The van der Waals surface area contributed by atoms with Gasteiger partial charge in [-0.1, -0.05) is 58.5 Å². The minimum atomic E-state index is -5.11. The van der Waals surface area contributed by atoms with Crippen LogP contribution in [0.4, 0.5) is 0 Å². The molecule has 0 radical (unpaired) electrons. The molecular formula is C19H12Cl4O5S. The maximum absolute atomic E-state index is 13.0. The van der Waals surface area contributed by atoms with Gasteiger partial charge in [0, 0.05) is 27.2 Å². The highest BCUT2D eigenvalue weighted by Crippen LogP contribution is 2.51. The molecule has 0 bridgehead atoms. The predicted molar refractivity (Wildman–Crippen MR) is 114 cm³/mol. The molecular weight excluding hydrogens is 482 g/mol. The third kappa shape index (κ3) is 3.77. The number of aromatic hydroxyl groups is 2. The van der Waals surface area contributed by atoms with E-state index >= 15 is 0 Å². The second kappa shape index (κ2) is 7.87. The molecule has 0 saturated heterocycles. The van der Waals surface area contributed by atoms with Gasteiger partial charge in [-0.05, 0) is 42.0 Å². The Balaban J connectivity index is 2.65. The van der Waals surface area contributed by atoms with Gasteiger partial charge < -0.3 is 10.2 Å². The van der Waals surface area contributed by atoms with Crippen molar-refractivity contribution in [1.82, 2.24) is 0 Å². The molecule has 0 aliphatic carbocycles. The van der Waals surface area contributed by atoms with Crippen molar-refractivity contribution in [3.63, 3.8) is 0 Å². The zero-order chi connectivity index (χ0) is 21.6. The van der Waals surface area contributed by atoms with Crippen LogP contribution >= 0.6 is 46.4 Å². The van der Waals surface area contributed by atoms with Gasteiger partial charge in [0.25, 0.3) is 10.1 Å². The smallest absolute Gasteiger partial charge is 0.283 e. The Bertz CT molecular complexity index is 1210. The summed E-state index contributed by atoms with van der Waals surface area (Å²) in [7, 11) is -5.11. The molecule has 3 aromatic rings. The molecule has 3 rings (SSSR count). The fraction of sp³-hybridized carbons (Fsp3) is 0.0526. The van der Waals surface area contributed by atoms with Gasteiger partial charge >= 0.3 is 0 Å². The maximum Gasteiger partial charge on any atom is 0.283 e. The van der Waals surface area contributed by atoms with Crippen LogP contribution in [0.1, 0.15) is 16.7 Å². The Labute approximate surface area is 186 Å². The second-order valence-corrected chi connectivity index (χ2v) is 9.31. The summed E-state index contributed by atoms with van der Waals surface area (Å²) in [6.07, 6.45) is 0. The Hall–Kier alpha value is -1.67. The summed E-state index contributed by atoms with van der Waals surface area (Å²) in [6, 6.07) is 11.4. The van der Waals surface area contributed by atoms with Crippen molar-refractivity contribution in [3.05, 3.63) is 91.4 Å². The van der Waals surface area contributed by atoms with Gasteiger partial charge in [-0.25, -0.2) is 0 Å².